The molecule has 0 heterocycles. The smallest absolute Gasteiger partial charge is 0.329 e. The van der Waals surface area contributed by atoms with Gasteiger partial charge < -0.3 is 20.1 Å². The molecule has 0 atom stereocenters. The Morgan fingerprint density at radius 3 is 2.42 bits per heavy atom. The SMILES string of the molecule is CCCCOc1ccc(NC(=O)C(=O)N/N=C\c2cccc(OCC(=O)Nc3cc(C)ccc3C)c2)cc1. The van der Waals surface area contributed by atoms with Crippen LogP contribution in [0.3, 0.4) is 0 Å². The highest BCUT2D eigenvalue weighted by atomic mass is 16.5. The third kappa shape index (κ3) is 9.09. The second-order valence-electron chi connectivity index (χ2n) is 8.61. The van der Waals surface area contributed by atoms with E-state index in [0.29, 0.717) is 29.4 Å². The fourth-order valence-corrected chi connectivity index (χ4v) is 3.26. The van der Waals surface area contributed by atoms with Crippen molar-refractivity contribution in [2.75, 3.05) is 23.8 Å². The van der Waals surface area contributed by atoms with Crippen molar-refractivity contribution < 1.29 is 23.9 Å². The molecule has 9 nitrogen and oxygen atoms in total. The first-order valence-corrected chi connectivity index (χ1v) is 12.3. The molecule has 0 saturated carbocycles. The zero-order valence-electron chi connectivity index (χ0n) is 21.7. The predicted molar refractivity (Wildman–Crippen MR) is 148 cm³/mol. The van der Waals surface area contributed by atoms with Gasteiger partial charge in [-0.3, -0.25) is 14.4 Å². The van der Waals surface area contributed by atoms with E-state index in [-0.39, 0.29) is 12.5 Å². The summed E-state index contributed by atoms with van der Waals surface area (Å²) in [5.41, 5.74) is 6.01. The number of carbonyl (C=O) groups is 3. The second kappa shape index (κ2) is 14.2. The molecule has 0 radical (unpaired) electrons. The van der Waals surface area contributed by atoms with E-state index in [9.17, 15) is 14.4 Å². The van der Waals surface area contributed by atoms with Gasteiger partial charge in [-0.15, -0.1) is 0 Å². The lowest BCUT2D eigenvalue weighted by atomic mass is 10.1. The van der Waals surface area contributed by atoms with E-state index >= 15 is 0 Å². The molecule has 0 saturated heterocycles. The Hall–Kier alpha value is -4.66. The first-order valence-electron chi connectivity index (χ1n) is 12.3. The van der Waals surface area contributed by atoms with E-state index in [0.717, 1.165) is 29.7 Å². The van der Waals surface area contributed by atoms with E-state index in [2.05, 4.69) is 28.1 Å². The van der Waals surface area contributed by atoms with Crippen LogP contribution in [0.2, 0.25) is 0 Å². The molecule has 3 aromatic rings. The summed E-state index contributed by atoms with van der Waals surface area (Å²) < 4.78 is 11.2. The van der Waals surface area contributed by atoms with Crippen LogP contribution in [-0.4, -0.2) is 37.1 Å². The lowest BCUT2D eigenvalue weighted by Crippen LogP contribution is -2.32. The van der Waals surface area contributed by atoms with Crippen LogP contribution in [-0.2, 0) is 14.4 Å². The summed E-state index contributed by atoms with van der Waals surface area (Å²) in [6.45, 7) is 6.41. The summed E-state index contributed by atoms with van der Waals surface area (Å²) >= 11 is 0. The van der Waals surface area contributed by atoms with Crippen LogP contribution in [0.15, 0.2) is 71.8 Å². The van der Waals surface area contributed by atoms with E-state index in [1.165, 1.54) is 6.21 Å². The Labute approximate surface area is 222 Å². The number of carbonyl (C=O) groups excluding carboxylic acids is 3. The van der Waals surface area contributed by atoms with Gasteiger partial charge in [0.15, 0.2) is 6.61 Å². The van der Waals surface area contributed by atoms with E-state index in [1.807, 2.05) is 32.0 Å². The van der Waals surface area contributed by atoms with Crippen molar-refractivity contribution in [3.8, 4) is 11.5 Å². The van der Waals surface area contributed by atoms with Gasteiger partial charge in [-0.1, -0.05) is 37.6 Å². The number of ether oxygens (including phenoxy) is 2. The maximum absolute atomic E-state index is 12.3. The number of hydrazone groups is 1. The topological polar surface area (TPSA) is 118 Å². The molecule has 0 aliphatic rings. The number of anilines is 2. The van der Waals surface area contributed by atoms with Gasteiger partial charge in [0.05, 0.1) is 12.8 Å². The van der Waals surface area contributed by atoms with Gasteiger partial charge in [0, 0.05) is 11.4 Å². The molecule has 0 bridgehead atoms. The van der Waals surface area contributed by atoms with E-state index < -0.39 is 11.8 Å². The van der Waals surface area contributed by atoms with Crippen LogP contribution in [0.1, 0.15) is 36.5 Å². The summed E-state index contributed by atoms with van der Waals surface area (Å²) in [5.74, 6) is -0.904. The molecule has 9 heteroatoms. The molecular formula is C29H32N4O5. The number of benzene rings is 3. The van der Waals surface area contributed by atoms with Crippen LogP contribution in [0.4, 0.5) is 11.4 Å². The fraction of sp³-hybridized carbons (Fsp3) is 0.241. The van der Waals surface area contributed by atoms with Crippen molar-refractivity contribution in [2.24, 2.45) is 5.10 Å². The van der Waals surface area contributed by atoms with Crippen LogP contribution in [0.5, 0.6) is 11.5 Å². The Balaban J connectivity index is 1.45. The summed E-state index contributed by atoms with van der Waals surface area (Å²) in [6, 6.07) is 19.4. The molecule has 3 amide bonds. The molecule has 198 valence electrons. The third-order valence-corrected chi connectivity index (χ3v) is 5.36. The van der Waals surface area contributed by atoms with Crippen LogP contribution < -0.4 is 25.5 Å². The predicted octanol–water partition coefficient (Wildman–Crippen LogP) is 4.59. The quantitative estimate of drug-likeness (QED) is 0.149. The Bertz CT molecular complexity index is 1290. The highest BCUT2D eigenvalue weighted by Crippen LogP contribution is 2.18. The van der Waals surface area contributed by atoms with Gasteiger partial charge in [-0.25, -0.2) is 5.43 Å². The molecule has 3 rings (SSSR count). The van der Waals surface area contributed by atoms with Crippen LogP contribution in [0.25, 0.3) is 0 Å². The zero-order chi connectivity index (χ0) is 27.3. The summed E-state index contributed by atoms with van der Waals surface area (Å²) in [6.07, 6.45) is 3.37. The van der Waals surface area contributed by atoms with Gasteiger partial charge in [0.25, 0.3) is 5.91 Å². The largest absolute Gasteiger partial charge is 0.494 e. The van der Waals surface area contributed by atoms with Crippen molar-refractivity contribution in [1.29, 1.82) is 0 Å². The van der Waals surface area contributed by atoms with Crippen LogP contribution in [0, 0.1) is 13.8 Å². The molecule has 0 fully saturated rings. The summed E-state index contributed by atoms with van der Waals surface area (Å²) in [5, 5.41) is 9.18. The Morgan fingerprint density at radius 2 is 1.66 bits per heavy atom. The Morgan fingerprint density at radius 1 is 0.868 bits per heavy atom. The van der Waals surface area contributed by atoms with Crippen molar-refractivity contribution in [3.63, 3.8) is 0 Å². The minimum atomic E-state index is -0.917. The number of unbranched alkanes of at least 4 members (excludes halogenated alkanes) is 1. The molecule has 38 heavy (non-hydrogen) atoms. The minimum absolute atomic E-state index is 0.170. The molecule has 0 aliphatic heterocycles. The average molecular weight is 517 g/mol. The number of nitrogens with one attached hydrogen (secondary N) is 3. The first kappa shape index (κ1) is 27.9. The summed E-state index contributed by atoms with van der Waals surface area (Å²) in [7, 11) is 0. The lowest BCUT2D eigenvalue weighted by molar-refractivity contribution is -0.136. The maximum Gasteiger partial charge on any atom is 0.329 e. The number of rotatable bonds is 11. The first-order chi connectivity index (χ1) is 18.3. The number of hydrogen-bond donors (Lipinski definition) is 3. The molecule has 0 aromatic heterocycles. The normalized spacial score (nSPS) is 10.6. The van der Waals surface area contributed by atoms with Gasteiger partial charge in [-0.05, 0) is 79.4 Å². The van der Waals surface area contributed by atoms with Gasteiger partial charge >= 0.3 is 11.8 Å². The minimum Gasteiger partial charge on any atom is -0.494 e. The van der Waals surface area contributed by atoms with Crippen molar-refractivity contribution in [2.45, 2.75) is 33.6 Å². The Kier molecular flexibility index (Phi) is 10.4. The maximum atomic E-state index is 12.3. The van der Waals surface area contributed by atoms with Gasteiger partial charge in [0.2, 0.25) is 0 Å². The average Bonchev–Trinajstić information content (AvgIpc) is 2.91. The highest BCUT2D eigenvalue weighted by molar-refractivity contribution is 6.39. The van der Waals surface area contributed by atoms with Crippen LogP contribution >= 0.6 is 0 Å². The summed E-state index contributed by atoms with van der Waals surface area (Å²) in [4.78, 5) is 36.5. The number of amides is 3. The molecular weight excluding hydrogens is 484 g/mol. The molecule has 0 spiro atoms. The number of aryl methyl sites for hydroxylation is 2. The van der Waals surface area contributed by atoms with Crippen molar-refractivity contribution >= 4 is 35.3 Å². The van der Waals surface area contributed by atoms with Crippen molar-refractivity contribution in [1.82, 2.24) is 5.43 Å². The number of nitrogens with zero attached hydrogens (tertiary/aromatic N) is 1. The highest BCUT2D eigenvalue weighted by Gasteiger charge is 2.13. The molecule has 3 aromatic carbocycles. The van der Waals surface area contributed by atoms with Gasteiger partial charge in [0.1, 0.15) is 11.5 Å². The molecule has 0 aliphatic carbocycles. The van der Waals surface area contributed by atoms with Gasteiger partial charge in [-0.2, -0.15) is 5.10 Å². The third-order valence-electron chi connectivity index (χ3n) is 5.36. The lowest BCUT2D eigenvalue weighted by Gasteiger charge is -2.10. The fourth-order valence-electron chi connectivity index (χ4n) is 3.26. The van der Waals surface area contributed by atoms with E-state index in [4.69, 9.17) is 9.47 Å². The molecule has 3 N–H and O–H groups in total. The zero-order valence-corrected chi connectivity index (χ0v) is 21.7. The monoisotopic (exact) mass is 516 g/mol. The standard InChI is InChI=1S/C29H32N4O5/c1-4-5-15-37-24-13-11-23(12-14-24)31-28(35)29(36)33-30-18-22-7-6-8-25(17-22)38-19-27(34)32-26-16-20(2)9-10-21(26)3/h6-14,16-18H,4-5,15,19H2,1-3H3,(H,31,35)(H,32,34)(H,33,36)/b30-18-. The second-order valence-corrected chi connectivity index (χ2v) is 8.61. The number of hydrogen-bond acceptors (Lipinski definition) is 6. The van der Waals surface area contributed by atoms with E-state index in [1.54, 1.807) is 48.5 Å². The molecule has 0 unspecified atom stereocenters. The van der Waals surface area contributed by atoms with Crippen molar-refractivity contribution in [3.05, 3.63) is 83.4 Å².